The summed E-state index contributed by atoms with van der Waals surface area (Å²) in [5, 5.41) is 2.70. The molecule has 6 heteroatoms. The molecule has 1 atom stereocenters. The van der Waals surface area contributed by atoms with E-state index in [4.69, 9.17) is 12.2 Å². The number of carbonyl (C=O) groups is 2. The summed E-state index contributed by atoms with van der Waals surface area (Å²) in [6.45, 7) is 4.57. The standard InChI is InChI=1S/C16H19N3O2S/c1-3-4-9-17-10-12-14(20)18-16(22)19(15(12)21)13-8-6-5-7-11(13)2/h5-8,10,12H,3-4,9H2,1-2H3,(H,18,20,22). The van der Waals surface area contributed by atoms with Crippen LogP contribution in [0.1, 0.15) is 25.3 Å². The number of aliphatic imine (C=N–C) groups is 1. The van der Waals surface area contributed by atoms with Crippen LogP contribution in [0.3, 0.4) is 0 Å². The number of hydrogen-bond acceptors (Lipinski definition) is 4. The maximum absolute atomic E-state index is 12.6. The van der Waals surface area contributed by atoms with Gasteiger partial charge in [0.25, 0.3) is 5.91 Å². The molecular weight excluding hydrogens is 298 g/mol. The summed E-state index contributed by atoms with van der Waals surface area (Å²) in [5.41, 5.74) is 1.60. The molecule has 1 fully saturated rings. The number of hydrogen-bond donors (Lipinski definition) is 1. The van der Waals surface area contributed by atoms with E-state index in [1.165, 1.54) is 11.1 Å². The van der Waals surface area contributed by atoms with Gasteiger partial charge in [-0.3, -0.25) is 19.5 Å². The third kappa shape index (κ3) is 3.39. The third-order valence-corrected chi connectivity index (χ3v) is 3.74. The van der Waals surface area contributed by atoms with Gasteiger partial charge in [0.1, 0.15) is 0 Å². The van der Waals surface area contributed by atoms with Gasteiger partial charge in [-0.2, -0.15) is 0 Å². The molecule has 1 N–H and O–H groups in total. The van der Waals surface area contributed by atoms with E-state index in [2.05, 4.69) is 17.2 Å². The van der Waals surface area contributed by atoms with Crippen molar-refractivity contribution in [3.05, 3.63) is 29.8 Å². The van der Waals surface area contributed by atoms with Crippen molar-refractivity contribution in [2.45, 2.75) is 26.7 Å². The molecule has 1 aromatic carbocycles. The number of anilines is 1. The number of thiocarbonyl (C=S) groups is 1. The highest BCUT2D eigenvalue weighted by atomic mass is 32.1. The fourth-order valence-electron chi connectivity index (χ4n) is 2.19. The maximum atomic E-state index is 12.6. The van der Waals surface area contributed by atoms with Gasteiger partial charge in [-0.15, -0.1) is 0 Å². The third-order valence-electron chi connectivity index (χ3n) is 3.45. The van der Waals surface area contributed by atoms with Gasteiger partial charge in [-0.05, 0) is 37.2 Å². The van der Waals surface area contributed by atoms with Crippen LogP contribution in [0.4, 0.5) is 5.69 Å². The molecule has 0 bridgehead atoms. The summed E-state index contributed by atoms with van der Waals surface area (Å²) in [7, 11) is 0. The Kier molecular flexibility index (Phi) is 5.38. The van der Waals surface area contributed by atoms with E-state index < -0.39 is 11.8 Å². The average Bonchev–Trinajstić information content (AvgIpc) is 2.48. The second-order valence-corrected chi connectivity index (χ2v) is 5.53. The van der Waals surface area contributed by atoms with Crippen LogP contribution in [-0.2, 0) is 9.59 Å². The number of aryl methyl sites for hydroxylation is 1. The van der Waals surface area contributed by atoms with Crippen molar-refractivity contribution < 1.29 is 9.59 Å². The summed E-state index contributed by atoms with van der Waals surface area (Å²) in [6, 6.07) is 7.42. The van der Waals surface area contributed by atoms with E-state index >= 15 is 0 Å². The van der Waals surface area contributed by atoms with Crippen LogP contribution in [-0.4, -0.2) is 29.7 Å². The minimum atomic E-state index is -0.928. The minimum Gasteiger partial charge on any atom is -0.301 e. The number of para-hydroxylation sites is 1. The largest absolute Gasteiger partial charge is 0.301 e. The number of rotatable bonds is 5. The molecule has 2 amide bonds. The topological polar surface area (TPSA) is 61.8 Å². The van der Waals surface area contributed by atoms with Crippen LogP contribution in [0, 0.1) is 12.8 Å². The number of nitrogens with one attached hydrogen (secondary N) is 1. The predicted molar refractivity (Wildman–Crippen MR) is 91.2 cm³/mol. The highest BCUT2D eigenvalue weighted by Crippen LogP contribution is 2.23. The zero-order valence-corrected chi connectivity index (χ0v) is 13.5. The number of amides is 2. The van der Waals surface area contributed by atoms with Crippen LogP contribution < -0.4 is 10.2 Å². The number of unbranched alkanes of at least 4 members (excludes halogenated alkanes) is 1. The number of carbonyl (C=O) groups excluding carboxylic acids is 2. The Balaban J connectivity index is 2.26. The maximum Gasteiger partial charge on any atom is 0.251 e. The SMILES string of the molecule is CCCCN=CC1C(=O)NC(=S)N(c2ccccc2C)C1=O. The molecule has 1 aliphatic rings. The summed E-state index contributed by atoms with van der Waals surface area (Å²) < 4.78 is 0. The molecule has 0 aromatic heterocycles. The van der Waals surface area contributed by atoms with Gasteiger partial charge in [0.05, 0.1) is 5.69 Å². The summed E-state index contributed by atoms with van der Waals surface area (Å²) >= 11 is 5.16. The van der Waals surface area contributed by atoms with E-state index in [-0.39, 0.29) is 11.0 Å². The van der Waals surface area contributed by atoms with E-state index in [1.807, 2.05) is 31.2 Å². The molecule has 1 heterocycles. The summed E-state index contributed by atoms with van der Waals surface area (Å²) in [5.74, 6) is -1.70. The Bertz CT molecular complexity index is 628. The Hall–Kier alpha value is -2.08. The quantitative estimate of drug-likeness (QED) is 0.392. The zero-order chi connectivity index (χ0) is 16.1. The summed E-state index contributed by atoms with van der Waals surface area (Å²) in [4.78, 5) is 30.2. The molecule has 0 saturated carbocycles. The molecule has 0 radical (unpaired) electrons. The van der Waals surface area contributed by atoms with Gasteiger partial charge in [-0.1, -0.05) is 31.5 Å². The van der Waals surface area contributed by atoms with Crippen molar-refractivity contribution >= 4 is 41.0 Å². The molecular formula is C16H19N3O2S. The Morgan fingerprint density at radius 1 is 1.36 bits per heavy atom. The van der Waals surface area contributed by atoms with Crippen LogP contribution in [0.25, 0.3) is 0 Å². The van der Waals surface area contributed by atoms with Crippen molar-refractivity contribution in [3.8, 4) is 0 Å². The normalized spacial score (nSPS) is 18.9. The fraction of sp³-hybridized carbons (Fsp3) is 0.375. The van der Waals surface area contributed by atoms with Crippen LogP contribution in [0.5, 0.6) is 0 Å². The van der Waals surface area contributed by atoms with Gasteiger partial charge in [0.15, 0.2) is 11.0 Å². The highest BCUT2D eigenvalue weighted by molar-refractivity contribution is 7.80. The van der Waals surface area contributed by atoms with Gasteiger partial charge in [0, 0.05) is 12.8 Å². The first kappa shape index (κ1) is 16.3. The van der Waals surface area contributed by atoms with Gasteiger partial charge in [0.2, 0.25) is 5.91 Å². The van der Waals surface area contributed by atoms with Crippen molar-refractivity contribution in [1.29, 1.82) is 0 Å². The van der Waals surface area contributed by atoms with Crippen molar-refractivity contribution in [1.82, 2.24) is 5.32 Å². The Labute approximate surface area is 135 Å². The molecule has 1 aromatic rings. The van der Waals surface area contributed by atoms with Gasteiger partial charge >= 0.3 is 0 Å². The second-order valence-electron chi connectivity index (χ2n) is 5.14. The second kappa shape index (κ2) is 7.26. The molecule has 1 aliphatic heterocycles. The lowest BCUT2D eigenvalue weighted by Crippen LogP contribution is -2.58. The molecule has 22 heavy (non-hydrogen) atoms. The lowest BCUT2D eigenvalue weighted by Gasteiger charge is -2.31. The van der Waals surface area contributed by atoms with E-state index in [1.54, 1.807) is 0 Å². The molecule has 116 valence electrons. The first-order valence-electron chi connectivity index (χ1n) is 7.30. The van der Waals surface area contributed by atoms with Crippen molar-refractivity contribution in [2.75, 3.05) is 11.4 Å². The monoisotopic (exact) mass is 317 g/mol. The molecule has 0 aliphatic carbocycles. The minimum absolute atomic E-state index is 0.113. The van der Waals surface area contributed by atoms with E-state index in [0.717, 1.165) is 18.4 Å². The molecule has 1 saturated heterocycles. The lowest BCUT2D eigenvalue weighted by molar-refractivity contribution is -0.130. The highest BCUT2D eigenvalue weighted by Gasteiger charge is 2.38. The molecule has 5 nitrogen and oxygen atoms in total. The number of nitrogens with zero attached hydrogens (tertiary/aromatic N) is 2. The van der Waals surface area contributed by atoms with Crippen LogP contribution in [0.15, 0.2) is 29.3 Å². The van der Waals surface area contributed by atoms with Crippen molar-refractivity contribution in [3.63, 3.8) is 0 Å². The Morgan fingerprint density at radius 3 is 2.77 bits per heavy atom. The average molecular weight is 317 g/mol. The molecule has 1 unspecified atom stereocenters. The van der Waals surface area contributed by atoms with Gasteiger partial charge < -0.3 is 5.32 Å². The zero-order valence-electron chi connectivity index (χ0n) is 12.7. The van der Waals surface area contributed by atoms with E-state index in [0.29, 0.717) is 12.2 Å². The lowest BCUT2D eigenvalue weighted by atomic mass is 10.0. The smallest absolute Gasteiger partial charge is 0.251 e. The fourth-order valence-corrected chi connectivity index (χ4v) is 2.48. The van der Waals surface area contributed by atoms with Crippen LogP contribution >= 0.6 is 12.2 Å². The summed E-state index contributed by atoms with van der Waals surface area (Å²) in [6.07, 6.45) is 3.38. The molecule has 2 rings (SSSR count). The predicted octanol–water partition coefficient (Wildman–Crippen LogP) is 2.23. The van der Waals surface area contributed by atoms with Crippen LogP contribution in [0.2, 0.25) is 0 Å². The van der Waals surface area contributed by atoms with Crippen molar-refractivity contribution in [2.24, 2.45) is 10.9 Å². The van der Waals surface area contributed by atoms with Gasteiger partial charge in [-0.25, -0.2) is 0 Å². The first-order valence-corrected chi connectivity index (χ1v) is 7.71. The first-order chi connectivity index (χ1) is 10.6. The molecule has 0 spiro atoms. The van der Waals surface area contributed by atoms with E-state index in [9.17, 15) is 9.59 Å². The Morgan fingerprint density at radius 2 is 2.09 bits per heavy atom. The number of benzene rings is 1.